The zero-order chi connectivity index (χ0) is 25.5. The average molecular weight is 485 g/mol. The number of aromatic nitrogens is 1. The number of hydrogen-bond donors (Lipinski definition) is 4. The van der Waals surface area contributed by atoms with Crippen molar-refractivity contribution < 1.29 is 23.9 Å². The largest absolute Gasteiger partial charge is 0.481 e. The lowest BCUT2D eigenvalue weighted by Crippen LogP contribution is -2.71. The van der Waals surface area contributed by atoms with Gasteiger partial charge in [0.05, 0.1) is 5.41 Å². The van der Waals surface area contributed by atoms with E-state index in [1.807, 2.05) is 38.1 Å². The van der Waals surface area contributed by atoms with Crippen LogP contribution in [-0.2, 0) is 14.4 Å². The Kier molecular flexibility index (Phi) is 8.80. The first-order valence-electron chi connectivity index (χ1n) is 12.3. The Hall–Kier alpha value is -3.04. The van der Waals surface area contributed by atoms with Gasteiger partial charge >= 0.3 is 5.97 Å². The summed E-state index contributed by atoms with van der Waals surface area (Å²) in [6, 6.07) is 7.55. The first-order valence-corrected chi connectivity index (χ1v) is 12.3. The number of oxazole rings is 1. The molecule has 1 aromatic carbocycles. The molecule has 1 unspecified atom stereocenters. The fourth-order valence-electron chi connectivity index (χ4n) is 5.20. The molecule has 9 nitrogen and oxygen atoms in total. The minimum absolute atomic E-state index is 0.0332. The molecular formula is C26H36N4O5. The minimum Gasteiger partial charge on any atom is -0.481 e. The number of unbranched alkanes of at least 4 members (excludes halogenated alkanes) is 1. The molecule has 2 aromatic rings. The van der Waals surface area contributed by atoms with Gasteiger partial charge < -0.3 is 14.8 Å². The van der Waals surface area contributed by atoms with Crippen LogP contribution in [0, 0.1) is 5.41 Å². The van der Waals surface area contributed by atoms with Crippen molar-refractivity contribution in [3.63, 3.8) is 0 Å². The normalized spacial score (nSPS) is 21.7. The molecule has 0 spiro atoms. The van der Waals surface area contributed by atoms with Gasteiger partial charge in [-0.1, -0.05) is 51.0 Å². The summed E-state index contributed by atoms with van der Waals surface area (Å²) in [5.41, 5.74) is 5.65. The fourth-order valence-corrected chi connectivity index (χ4v) is 5.20. The maximum absolute atomic E-state index is 14.0. The van der Waals surface area contributed by atoms with E-state index in [1.165, 1.54) is 19.7 Å². The summed E-state index contributed by atoms with van der Waals surface area (Å²) in [7, 11) is 1.50. The van der Waals surface area contributed by atoms with Crippen LogP contribution >= 0.6 is 0 Å². The van der Waals surface area contributed by atoms with Crippen LogP contribution in [0.3, 0.4) is 0 Å². The zero-order valence-electron chi connectivity index (χ0n) is 20.7. The van der Waals surface area contributed by atoms with Gasteiger partial charge in [0.25, 0.3) is 0 Å². The number of aliphatic carboxylic acids is 1. The van der Waals surface area contributed by atoms with Gasteiger partial charge in [-0.05, 0) is 31.2 Å². The molecule has 35 heavy (non-hydrogen) atoms. The van der Waals surface area contributed by atoms with Crippen molar-refractivity contribution in [1.82, 2.24) is 21.2 Å². The van der Waals surface area contributed by atoms with Crippen LogP contribution in [0.2, 0.25) is 0 Å². The molecule has 0 radical (unpaired) electrons. The molecular weight excluding hydrogens is 448 g/mol. The molecule has 2 heterocycles. The highest BCUT2D eigenvalue weighted by molar-refractivity contribution is 6.12. The number of nitrogens with one attached hydrogen (secondary N) is 3. The fraction of sp³-hybridized carbons (Fsp3) is 0.538. The Bertz CT molecular complexity index is 1020. The van der Waals surface area contributed by atoms with E-state index in [9.17, 15) is 19.5 Å². The molecule has 1 fully saturated rings. The van der Waals surface area contributed by atoms with Crippen molar-refractivity contribution in [3.05, 3.63) is 42.5 Å². The number of amides is 1. The summed E-state index contributed by atoms with van der Waals surface area (Å²) in [5, 5.41) is 12.7. The number of carbonyl (C=O) groups is 3. The van der Waals surface area contributed by atoms with Gasteiger partial charge in [0.2, 0.25) is 5.91 Å². The van der Waals surface area contributed by atoms with E-state index >= 15 is 0 Å². The van der Waals surface area contributed by atoms with Crippen LogP contribution in [0.1, 0.15) is 70.3 Å². The third kappa shape index (κ3) is 5.16. The van der Waals surface area contributed by atoms with Gasteiger partial charge in [0.1, 0.15) is 12.0 Å². The van der Waals surface area contributed by atoms with Crippen LogP contribution < -0.4 is 16.2 Å². The number of hydrazine groups is 1. The Labute approximate surface area is 206 Å². The summed E-state index contributed by atoms with van der Waals surface area (Å²) in [5.74, 6) is -2.18. The van der Waals surface area contributed by atoms with E-state index in [0.717, 1.165) is 24.0 Å². The summed E-state index contributed by atoms with van der Waals surface area (Å²) >= 11 is 0. The minimum atomic E-state index is -1.60. The third-order valence-electron chi connectivity index (χ3n) is 7.41. The van der Waals surface area contributed by atoms with Crippen LogP contribution in [0.4, 0.5) is 0 Å². The molecule has 3 rings (SSSR count). The first-order chi connectivity index (χ1) is 16.9. The van der Waals surface area contributed by atoms with Gasteiger partial charge in [-0.15, -0.1) is 0 Å². The second-order valence-corrected chi connectivity index (χ2v) is 9.21. The molecule has 1 aliphatic rings. The van der Waals surface area contributed by atoms with Crippen molar-refractivity contribution in [2.24, 2.45) is 5.41 Å². The first kappa shape index (κ1) is 26.6. The predicted octanol–water partition coefficient (Wildman–Crippen LogP) is 3.43. The van der Waals surface area contributed by atoms with Gasteiger partial charge in [0, 0.05) is 31.5 Å². The lowest BCUT2D eigenvalue weighted by Gasteiger charge is -2.43. The van der Waals surface area contributed by atoms with E-state index in [0.29, 0.717) is 31.5 Å². The number of likely N-dealkylation sites (N-methyl/N-ethyl adjacent to an activating group) is 1. The number of carboxylic acids is 1. The number of Topliss-reactive ketones (excluding diaryl/α,β-unsaturated/α-hetero) is 1. The van der Waals surface area contributed by atoms with Crippen molar-refractivity contribution in [2.45, 2.75) is 70.3 Å². The number of ketones is 1. The Morgan fingerprint density at radius 2 is 2.03 bits per heavy atom. The summed E-state index contributed by atoms with van der Waals surface area (Å²) < 4.78 is 5.18. The molecule has 0 aliphatic carbocycles. The maximum atomic E-state index is 14.0. The van der Waals surface area contributed by atoms with E-state index in [-0.39, 0.29) is 18.6 Å². The van der Waals surface area contributed by atoms with E-state index in [4.69, 9.17) is 4.42 Å². The SMILES string of the molecule is CCCCC(CC)(CCC(=O)[C@@]1(C(=O)NC)NNCC[C@H]1c1ccccc1-c1cocn1)C(=O)O. The molecule has 3 atom stereocenters. The van der Waals surface area contributed by atoms with E-state index < -0.39 is 28.7 Å². The number of benzene rings is 1. The Morgan fingerprint density at radius 3 is 2.66 bits per heavy atom. The Balaban J connectivity index is 2.02. The Morgan fingerprint density at radius 1 is 1.26 bits per heavy atom. The quantitative estimate of drug-likeness (QED) is 0.337. The van der Waals surface area contributed by atoms with Crippen molar-refractivity contribution >= 4 is 17.7 Å². The molecule has 0 bridgehead atoms. The second-order valence-electron chi connectivity index (χ2n) is 9.21. The molecule has 190 valence electrons. The number of nitrogens with zero attached hydrogens (tertiary/aromatic N) is 1. The van der Waals surface area contributed by atoms with Gasteiger partial charge in [-0.3, -0.25) is 19.8 Å². The van der Waals surface area contributed by atoms with Gasteiger partial charge in [0.15, 0.2) is 17.7 Å². The predicted molar refractivity (Wildman–Crippen MR) is 131 cm³/mol. The highest BCUT2D eigenvalue weighted by Gasteiger charge is 2.54. The highest BCUT2D eigenvalue weighted by Crippen LogP contribution is 2.41. The molecule has 4 N–H and O–H groups in total. The van der Waals surface area contributed by atoms with Gasteiger partial charge in [-0.25, -0.2) is 10.4 Å². The monoisotopic (exact) mass is 484 g/mol. The smallest absolute Gasteiger partial charge is 0.309 e. The van der Waals surface area contributed by atoms with Crippen LogP contribution in [0.5, 0.6) is 0 Å². The summed E-state index contributed by atoms with van der Waals surface area (Å²) in [6.07, 6.45) is 6.11. The number of carboxylic acid groups (broad SMARTS) is 1. The summed E-state index contributed by atoms with van der Waals surface area (Å²) in [6.45, 7) is 4.41. The highest BCUT2D eigenvalue weighted by atomic mass is 16.4. The van der Waals surface area contributed by atoms with Crippen molar-refractivity contribution in [3.8, 4) is 11.3 Å². The average Bonchev–Trinajstić information content (AvgIpc) is 3.43. The molecule has 1 aromatic heterocycles. The third-order valence-corrected chi connectivity index (χ3v) is 7.41. The molecule has 1 amide bonds. The second kappa shape index (κ2) is 11.6. The number of carbonyl (C=O) groups excluding carboxylic acids is 2. The van der Waals surface area contributed by atoms with Crippen molar-refractivity contribution in [2.75, 3.05) is 13.6 Å². The van der Waals surface area contributed by atoms with Crippen LogP contribution in [0.25, 0.3) is 11.3 Å². The number of rotatable bonds is 12. The van der Waals surface area contributed by atoms with Crippen molar-refractivity contribution in [1.29, 1.82) is 0 Å². The molecule has 1 aliphatic heterocycles. The molecule has 0 saturated carbocycles. The van der Waals surface area contributed by atoms with Crippen LogP contribution in [0.15, 0.2) is 41.3 Å². The lowest BCUT2D eigenvalue weighted by molar-refractivity contribution is -0.151. The van der Waals surface area contributed by atoms with E-state index in [2.05, 4.69) is 21.2 Å². The van der Waals surface area contributed by atoms with E-state index in [1.54, 1.807) is 0 Å². The molecule has 9 heteroatoms. The number of hydrogen-bond acceptors (Lipinski definition) is 7. The molecule has 1 saturated heterocycles. The standard InChI is InChI=1S/C26H36N4O5/c1-4-6-13-25(5-2,24(33)34)14-11-22(31)26(23(32)27-3)20(12-15-29-30-26)18-9-7-8-10-19(18)21-16-35-17-28-21/h7-10,16-17,20,29-30H,4-6,11-15H2,1-3H3,(H,27,32)(H,33,34)/t20-,25?,26-/m0/s1. The topological polar surface area (TPSA) is 134 Å². The zero-order valence-corrected chi connectivity index (χ0v) is 20.7. The van der Waals surface area contributed by atoms with Gasteiger partial charge in [-0.2, -0.15) is 0 Å². The lowest BCUT2D eigenvalue weighted by atomic mass is 9.68. The summed E-state index contributed by atoms with van der Waals surface area (Å²) in [4.78, 5) is 43.9. The van der Waals surface area contributed by atoms with Crippen LogP contribution in [-0.4, -0.2) is 46.9 Å². The maximum Gasteiger partial charge on any atom is 0.309 e.